The molecule has 1 aromatic carbocycles. The van der Waals surface area contributed by atoms with E-state index in [1.807, 2.05) is 0 Å². The molecule has 1 aliphatic rings. The van der Waals surface area contributed by atoms with Crippen LogP contribution in [0.25, 0.3) is 0 Å². The molecule has 35 heavy (non-hydrogen) atoms. The standard InChI is InChI=1S/C23H30FN3O6S.ClH/c1-32-19-6-8-21(9-7-19)34(30,31)23-15-18(10-12-25-23)16-27(29)26-22(28)14-17-2-4-20(5-3-17)33-13-11-24;/h6-10,12,15,17,20,29H,2-5,11,13-14,16H2,1H3,(H,26,28);1H. The number of sulfone groups is 1. The van der Waals surface area contributed by atoms with Gasteiger partial charge in [0.2, 0.25) is 15.7 Å². The van der Waals surface area contributed by atoms with Gasteiger partial charge in [0, 0.05) is 12.6 Å². The van der Waals surface area contributed by atoms with Crippen molar-refractivity contribution in [2.24, 2.45) is 5.92 Å². The number of methoxy groups -OCH3 is 1. The van der Waals surface area contributed by atoms with Crippen molar-refractivity contribution in [1.29, 1.82) is 0 Å². The molecule has 3 rings (SSSR count). The first-order valence-corrected chi connectivity index (χ1v) is 12.6. The Morgan fingerprint density at radius 3 is 2.51 bits per heavy atom. The molecule has 0 radical (unpaired) electrons. The zero-order valence-corrected chi connectivity index (χ0v) is 21.1. The third-order valence-electron chi connectivity index (χ3n) is 5.73. The van der Waals surface area contributed by atoms with Crippen LogP contribution in [-0.4, -0.2) is 56.2 Å². The summed E-state index contributed by atoms with van der Waals surface area (Å²) in [5, 5.41) is 10.6. The number of rotatable bonds is 11. The molecule has 1 heterocycles. The fourth-order valence-corrected chi connectivity index (χ4v) is 5.19. The smallest absolute Gasteiger partial charge is 0.236 e. The van der Waals surface area contributed by atoms with Crippen molar-refractivity contribution in [2.75, 3.05) is 20.4 Å². The molecule has 2 aromatic rings. The van der Waals surface area contributed by atoms with Crippen LogP contribution in [-0.2, 0) is 25.9 Å². The van der Waals surface area contributed by atoms with Gasteiger partial charge >= 0.3 is 0 Å². The third kappa shape index (κ3) is 8.39. The summed E-state index contributed by atoms with van der Waals surface area (Å²) >= 11 is 0. The van der Waals surface area contributed by atoms with E-state index in [1.54, 1.807) is 18.2 Å². The van der Waals surface area contributed by atoms with E-state index < -0.39 is 16.5 Å². The number of hydrogen-bond acceptors (Lipinski definition) is 8. The highest BCUT2D eigenvalue weighted by Crippen LogP contribution is 2.28. The number of aromatic nitrogens is 1. The molecule has 194 valence electrons. The summed E-state index contributed by atoms with van der Waals surface area (Å²) in [7, 11) is -2.37. The van der Waals surface area contributed by atoms with Gasteiger partial charge in [0.1, 0.15) is 12.4 Å². The van der Waals surface area contributed by atoms with Gasteiger partial charge in [-0.25, -0.2) is 17.8 Å². The van der Waals surface area contributed by atoms with E-state index >= 15 is 0 Å². The summed E-state index contributed by atoms with van der Waals surface area (Å²) in [6.45, 7) is -0.516. The number of nitrogens with one attached hydrogen (secondary N) is 1. The van der Waals surface area contributed by atoms with Gasteiger partial charge in [-0.05, 0) is 73.6 Å². The molecule has 2 N–H and O–H groups in total. The number of carbonyl (C=O) groups is 1. The lowest BCUT2D eigenvalue weighted by Gasteiger charge is -2.28. The van der Waals surface area contributed by atoms with Gasteiger partial charge in [0.05, 0.1) is 31.3 Å². The van der Waals surface area contributed by atoms with Crippen molar-refractivity contribution in [3.63, 3.8) is 0 Å². The Labute approximate surface area is 210 Å². The molecule has 12 heteroatoms. The normalized spacial score (nSPS) is 18.1. The average Bonchev–Trinajstić information content (AvgIpc) is 2.83. The van der Waals surface area contributed by atoms with Crippen LogP contribution in [0.15, 0.2) is 52.5 Å². The molecule has 1 aromatic heterocycles. The number of alkyl halides is 1. The van der Waals surface area contributed by atoms with Crippen LogP contribution in [0, 0.1) is 5.92 Å². The van der Waals surface area contributed by atoms with Gasteiger partial charge in [-0.1, -0.05) is 5.17 Å². The summed E-state index contributed by atoms with van der Waals surface area (Å²) in [6.07, 6.45) is 4.79. The van der Waals surface area contributed by atoms with Crippen molar-refractivity contribution >= 4 is 28.2 Å². The van der Waals surface area contributed by atoms with Crippen LogP contribution in [0.4, 0.5) is 4.39 Å². The molecule has 1 amide bonds. The maximum absolute atomic E-state index is 12.9. The summed E-state index contributed by atoms with van der Waals surface area (Å²) in [4.78, 5) is 16.3. The van der Waals surface area contributed by atoms with E-state index in [0.717, 1.165) is 25.7 Å². The van der Waals surface area contributed by atoms with Crippen LogP contribution >= 0.6 is 12.4 Å². The highest BCUT2D eigenvalue weighted by atomic mass is 35.5. The Kier molecular flexibility index (Phi) is 11.3. The lowest BCUT2D eigenvalue weighted by molar-refractivity contribution is -0.166. The number of halogens is 2. The molecule has 0 spiro atoms. The average molecular weight is 532 g/mol. The third-order valence-corrected chi connectivity index (χ3v) is 7.40. The van der Waals surface area contributed by atoms with Crippen LogP contribution < -0.4 is 10.2 Å². The SMILES string of the molecule is COc1ccc(S(=O)(=O)c2cc(CN(O)NC(=O)CC3CCC(OCCF)CC3)ccn2)cc1.Cl. The topological polar surface area (TPSA) is 118 Å². The molecule has 0 unspecified atom stereocenters. The number of pyridine rings is 1. The predicted octanol–water partition coefficient (Wildman–Crippen LogP) is 3.50. The van der Waals surface area contributed by atoms with Crippen molar-refractivity contribution in [3.05, 3.63) is 48.2 Å². The Morgan fingerprint density at radius 1 is 1.20 bits per heavy atom. The molecule has 0 saturated heterocycles. The van der Waals surface area contributed by atoms with Crippen LogP contribution in [0.5, 0.6) is 5.75 Å². The van der Waals surface area contributed by atoms with E-state index in [0.29, 0.717) is 16.5 Å². The Hall–Kier alpha value is -2.31. The summed E-state index contributed by atoms with van der Waals surface area (Å²) in [6, 6.07) is 8.87. The maximum Gasteiger partial charge on any atom is 0.236 e. The van der Waals surface area contributed by atoms with Crippen molar-refractivity contribution in [3.8, 4) is 5.75 Å². The number of carbonyl (C=O) groups excluding carboxylic acids is 1. The zero-order chi connectivity index (χ0) is 24.6. The quantitative estimate of drug-likeness (QED) is 0.423. The maximum atomic E-state index is 12.9. The molecule has 0 atom stereocenters. The lowest BCUT2D eigenvalue weighted by Crippen LogP contribution is -2.40. The van der Waals surface area contributed by atoms with Gasteiger partial charge < -0.3 is 9.47 Å². The van der Waals surface area contributed by atoms with Gasteiger partial charge in [-0.3, -0.25) is 15.4 Å². The highest BCUT2D eigenvalue weighted by Gasteiger charge is 2.24. The second-order valence-corrected chi connectivity index (χ2v) is 10.1. The first-order valence-electron chi connectivity index (χ1n) is 11.1. The van der Waals surface area contributed by atoms with E-state index in [4.69, 9.17) is 9.47 Å². The highest BCUT2D eigenvalue weighted by molar-refractivity contribution is 7.91. The largest absolute Gasteiger partial charge is 0.497 e. The molecular weight excluding hydrogens is 501 g/mol. The van der Waals surface area contributed by atoms with Gasteiger partial charge in [0.15, 0.2) is 5.03 Å². The minimum Gasteiger partial charge on any atom is -0.497 e. The predicted molar refractivity (Wildman–Crippen MR) is 128 cm³/mol. The molecule has 1 aliphatic carbocycles. The number of hydroxylamine groups is 1. The first kappa shape index (κ1) is 28.9. The van der Waals surface area contributed by atoms with E-state index in [1.165, 1.54) is 31.5 Å². The molecule has 0 bridgehead atoms. The van der Waals surface area contributed by atoms with Crippen molar-refractivity contribution in [2.45, 2.75) is 54.7 Å². The fraction of sp³-hybridized carbons (Fsp3) is 0.478. The molecular formula is C23H31ClFN3O6S. The van der Waals surface area contributed by atoms with Crippen molar-refractivity contribution in [1.82, 2.24) is 15.6 Å². The number of nitrogens with zero attached hydrogens (tertiary/aromatic N) is 2. The minimum atomic E-state index is -3.86. The van der Waals surface area contributed by atoms with Crippen LogP contribution in [0.1, 0.15) is 37.7 Å². The molecule has 9 nitrogen and oxygen atoms in total. The lowest BCUT2D eigenvalue weighted by atomic mass is 9.85. The first-order chi connectivity index (χ1) is 16.3. The molecule has 1 fully saturated rings. The Balaban J connectivity index is 0.00000432. The number of ether oxygens (including phenoxy) is 2. The Morgan fingerprint density at radius 2 is 1.89 bits per heavy atom. The van der Waals surface area contributed by atoms with Gasteiger partial charge in [0.25, 0.3) is 0 Å². The number of amides is 1. The number of hydrogen-bond donors (Lipinski definition) is 2. The minimum absolute atomic E-state index is 0. The molecule has 0 aliphatic heterocycles. The molecule has 1 saturated carbocycles. The van der Waals surface area contributed by atoms with E-state index in [2.05, 4.69) is 10.4 Å². The fourth-order valence-electron chi connectivity index (χ4n) is 3.95. The summed E-state index contributed by atoms with van der Waals surface area (Å²) in [5.74, 6) is 0.363. The van der Waals surface area contributed by atoms with Gasteiger partial charge in [-0.2, -0.15) is 0 Å². The zero-order valence-electron chi connectivity index (χ0n) is 19.4. The number of benzene rings is 1. The van der Waals surface area contributed by atoms with E-state index in [9.17, 15) is 22.8 Å². The van der Waals surface area contributed by atoms with E-state index in [-0.39, 0.29) is 59.8 Å². The number of hydrazine groups is 1. The monoisotopic (exact) mass is 531 g/mol. The summed E-state index contributed by atoms with van der Waals surface area (Å²) < 4.78 is 48.4. The van der Waals surface area contributed by atoms with Crippen molar-refractivity contribution < 1.29 is 32.3 Å². The second-order valence-electron chi connectivity index (χ2n) is 8.18. The van der Waals surface area contributed by atoms with Gasteiger partial charge in [-0.15, -0.1) is 12.4 Å². The van der Waals surface area contributed by atoms with Crippen LogP contribution in [0.2, 0.25) is 0 Å². The Bertz CT molecular complexity index is 1050. The second kappa shape index (κ2) is 13.7. The van der Waals surface area contributed by atoms with Crippen LogP contribution in [0.3, 0.4) is 0 Å². The summed E-state index contributed by atoms with van der Waals surface area (Å²) in [5.41, 5.74) is 2.86.